The molecule has 0 aromatic heterocycles. The highest BCUT2D eigenvalue weighted by atomic mass is 32.2. The van der Waals surface area contributed by atoms with E-state index in [4.69, 9.17) is 15.6 Å². The number of nitrogen functional groups attached to an aromatic ring is 1. The van der Waals surface area contributed by atoms with Gasteiger partial charge < -0.3 is 15.6 Å². The molecule has 0 radical (unpaired) electrons. The summed E-state index contributed by atoms with van der Waals surface area (Å²) in [7, 11) is -3.87. The molecule has 1 unspecified atom stereocenters. The van der Waals surface area contributed by atoms with Crippen LogP contribution in [0.3, 0.4) is 0 Å². The number of carboxylic acid groups (broad SMARTS) is 1. The zero-order chi connectivity index (χ0) is 15.5. The van der Waals surface area contributed by atoms with Crippen LogP contribution in [0, 0.1) is 5.92 Å². The van der Waals surface area contributed by atoms with Gasteiger partial charge in [-0.25, -0.2) is 17.9 Å². The number of nitrogens with two attached hydrogens (primary N) is 1. The molecule has 1 atom stereocenters. The first kappa shape index (κ1) is 15.7. The first-order chi connectivity index (χ1) is 9.90. The predicted octanol–water partition coefficient (Wildman–Crippen LogP) is 0.672. The second-order valence-electron chi connectivity index (χ2n) is 4.98. The molecule has 1 heterocycles. The van der Waals surface area contributed by atoms with Gasteiger partial charge in [0.25, 0.3) is 0 Å². The molecule has 4 N–H and O–H groups in total. The minimum atomic E-state index is -3.87. The zero-order valence-electron chi connectivity index (χ0n) is 11.4. The van der Waals surface area contributed by atoms with Gasteiger partial charge >= 0.3 is 5.97 Å². The minimum absolute atomic E-state index is 0.203. The Balaban J connectivity index is 2.09. The monoisotopic (exact) mass is 314 g/mol. The van der Waals surface area contributed by atoms with Crippen LogP contribution >= 0.6 is 0 Å². The Morgan fingerprint density at radius 1 is 1.48 bits per heavy atom. The molecule has 21 heavy (non-hydrogen) atoms. The molecule has 1 aromatic rings. The average Bonchev–Trinajstić information content (AvgIpc) is 2.91. The fourth-order valence-corrected chi connectivity index (χ4v) is 3.46. The number of benzene rings is 1. The Hall–Kier alpha value is -1.64. The number of aromatic carboxylic acids is 1. The number of ether oxygens (including phenoxy) is 1. The van der Waals surface area contributed by atoms with Crippen molar-refractivity contribution in [2.45, 2.75) is 17.7 Å². The molecule has 1 aromatic carbocycles. The Bertz CT molecular complexity index is 623. The lowest BCUT2D eigenvalue weighted by Crippen LogP contribution is -2.28. The van der Waals surface area contributed by atoms with Crippen LogP contribution in [0.1, 0.15) is 23.2 Å². The number of anilines is 1. The van der Waals surface area contributed by atoms with Crippen molar-refractivity contribution in [3.8, 4) is 0 Å². The zero-order valence-corrected chi connectivity index (χ0v) is 12.2. The molecule has 1 fully saturated rings. The largest absolute Gasteiger partial charge is 0.478 e. The lowest BCUT2D eigenvalue weighted by Gasteiger charge is -2.11. The van der Waals surface area contributed by atoms with Gasteiger partial charge in [0, 0.05) is 25.4 Å². The lowest BCUT2D eigenvalue weighted by molar-refractivity contribution is 0.0692. The van der Waals surface area contributed by atoms with Gasteiger partial charge in [-0.3, -0.25) is 0 Å². The summed E-state index contributed by atoms with van der Waals surface area (Å²) in [6, 6.07) is 3.72. The van der Waals surface area contributed by atoms with Crippen molar-refractivity contribution < 1.29 is 23.1 Å². The maximum Gasteiger partial charge on any atom is 0.337 e. The molecular formula is C13H18N2O5S. The summed E-state index contributed by atoms with van der Waals surface area (Å²) < 4.78 is 32.0. The van der Waals surface area contributed by atoms with E-state index in [-0.39, 0.29) is 22.7 Å². The van der Waals surface area contributed by atoms with Gasteiger partial charge in [-0.15, -0.1) is 0 Å². The highest BCUT2D eigenvalue weighted by Gasteiger charge is 2.23. The van der Waals surface area contributed by atoms with Crippen molar-refractivity contribution >= 4 is 21.7 Å². The molecule has 0 saturated carbocycles. The van der Waals surface area contributed by atoms with Crippen molar-refractivity contribution in [2.75, 3.05) is 25.5 Å². The highest BCUT2D eigenvalue weighted by Crippen LogP contribution is 2.20. The number of carboxylic acids is 1. The Kier molecular flexibility index (Phi) is 4.81. The van der Waals surface area contributed by atoms with Crippen LogP contribution in [0.2, 0.25) is 0 Å². The molecule has 7 nitrogen and oxygen atoms in total. The van der Waals surface area contributed by atoms with Crippen LogP contribution in [-0.2, 0) is 14.8 Å². The summed E-state index contributed by atoms with van der Waals surface area (Å²) in [6.07, 6.45) is 1.58. The third kappa shape index (κ3) is 3.93. The number of hydrogen-bond donors (Lipinski definition) is 3. The molecule has 0 bridgehead atoms. The maximum atomic E-state index is 12.2. The molecule has 0 aliphatic carbocycles. The molecular weight excluding hydrogens is 296 g/mol. The highest BCUT2D eigenvalue weighted by molar-refractivity contribution is 7.89. The molecule has 1 saturated heterocycles. The molecule has 0 amide bonds. The van der Waals surface area contributed by atoms with Gasteiger partial charge in [-0.05, 0) is 37.0 Å². The van der Waals surface area contributed by atoms with Gasteiger partial charge in [-0.1, -0.05) is 0 Å². The van der Waals surface area contributed by atoms with Crippen molar-refractivity contribution in [3.05, 3.63) is 23.8 Å². The third-order valence-electron chi connectivity index (χ3n) is 3.39. The number of hydrogen-bond acceptors (Lipinski definition) is 5. The number of carbonyl (C=O) groups is 1. The second kappa shape index (κ2) is 6.42. The molecule has 8 heteroatoms. The van der Waals surface area contributed by atoms with E-state index in [1.165, 1.54) is 12.1 Å². The number of nitrogens with one attached hydrogen (secondary N) is 1. The SMILES string of the molecule is Nc1ccc(S(=O)(=O)NCCC2CCOC2)c(C(=O)O)c1. The van der Waals surface area contributed by atoms with Gasteiger partial charge in [0.05, 0.1) is 10.5 Å². The Labute approximate surface area is 123 Å². The molecule has 0 spiro atoms. The summed E-state index contributed by atoms with van der Waals surface area (Å²) in [5.74, 6) is -0.982. The number of rotatable bonds is 6. The quantitative estimate of drug-likeness (QED) is 0.664. The van der Waals surface area contributed by atoms with Gasteiger partial charge in [0.15, 0.2) is 0 Å². The molecule has 1 aliphatic heterocycles. The van der Waals surface area contributed by atoms with Gasteiger partial charge in [0.1, 0.15) is 0 Å². The topological polar surface area (TPSA) is 119 Å². The standard InChI is InChI=1S/C13H18N2O5S/c14-10-1-2-12(11(7-10)13(16)17)21(18,19)15-5-3-9-4-6-20-8-9/h1-2,7,9,15H,3-6,8,14H2,(H,16,17). The first-order valence-corrected chi connectivity index (χ1v) is 8.08. The van der Waals surface area contributed by atoms with Crippen LogP contribution in [0.4, 0.5) is 5.69 Å². The normalized spacial score (nSPS) is 18.8. The second-order valence-corrected chi connectivity index (χ2v) is 6.71. The molecule has 116 valence electrons. The van der Waals surface area contributed by atoms with E-state index < -0.39 is 16.0 Å². The van der Waals surface area contributed by atoms with Crippen LogP contribution in [0.15, 0.2) is 23.1 Å². The van der Waals surface area contributed by atoms with Crippen molar-refractivity contribution in [1.82, 2.24) is 4.72 Å². The Morgan fingerprint density at radius 3 is 2.86 bits per heavy atom. The van der Waals surface area contributed by atoms with Crippen LogP contribution in [-0.4, -0.2) is 39.3 Å². The number of sulfonamides is 1. The molecule has 1 aliphatic rings. The van der Waals surface area contributed by atoms with Crippen molar-refractivity contribution in [3.63, 3.8) is 0 Å². The third-order valence-corrected chi connectivity index (χ3v) is 4.91. The van der Waals surface area contributed by atoms with E-state index in [0.29, 0.717) is 25.6 Å². The van der Waals surface area contributed by atoms with Crippen LogP contribution < -0.4 is 10.5 Å². The summed E-state index contributed by atoms with van der Waals surface area (Å²) in [6.45, 7) is 1.60. The first-order valence-electron chi connectivity index (χ1n) is 6.60. The fourth-order valence-electron chi connectivity index (χ4n) is 2.24. The van der Waals surface area contributed by atoms with Crippen LogP contribution in [0.5, 0.6) is 0 Å². The van der Waals surface area contributed by atoms with Crippen molar-refractivity contribution in [2.24, 2.45) is 5.92 Å². The average molecular weight is 314 g/mol. The lowest BCUT2D eigenvalue weighted by atomic mass is 10.1. The summed E-state index contributed by atoms with van der Waals surface area (Å²) in [4.78, 5) is 10.9. The van der Waals surface area contributed by atoms with E-state index in [1.807, 2.05) is 0 Å². The maximum absolute atomic E-state index is 12.2. The summed E-state index contributed by atoms with van der Waals surface area (Å²) in [5, 5.41) is 9.09. The minimum Gasteiger partial charge on any atom is -0.478 e. The summed E-state index contributed by atoms with van der Waals surface area (Å²) >= 11 is 0. The summed E-state index contributed by atoms with van der Waals surface area (Å²) in [5.41, 5.74) is 5.38. The van der Waals surface area contributed by atoms with E-state index in [0.717, 1.165) is 12.5 Å². The Morgan fingerprint density at radius 2 is 2.24 bits per heavy atom. The van der Waals surface area contributed by atoms with E-state index in [9.17, 15) is 13.2 Å². The fraction of sp³-hybridized carbons (Fsp3) is 0.462. The van der Waals surface area contributed by atoms with Gasteiger partial charge in [-0.2, -0.15) is 0 Å². The van der Waals surface area contributed by atoms with E-state index >= 15 is 0 Å². The smallest absolute Gasteiger partial charge is 0.337 e. The van der Waals surface area contributed by atoms with E-state index in [1.54, 1.807) is 0 Å². The van der Waals surface area contributed by atoms with Gasteiger partial charge in [0.2, 0.25) is 10.0 Å². The molecule has 2 rings (SSSR count). The van der Waals surface area contributed by atoms with Crippen LogP contribution in [0.25, 0.3) is 0 Å². The van der Waals surface area contributed by atoms with E-state index in [2.05, 4.69) is 4.72 Å². The van der Waals surface area contributed by atoms with Crippen molar-refractivity contribution in [1.29, 1.82) is 0 Å². The predicted molar refractivity (Wildman–Crippen MR) is 76.5 cm³/mol.